The van der Waals surface area contributed by atoms with Crippen LogP contribution in [0, 0.1) is 0 Å². The van der Waals surface area contributed by atoms with Gasteiger partial charge in [0.05, 0.1) is 23.4 Å². The molecule has 0 atom stereocenters. The van der Waals surface area contributed by atoms with Crippen molar-refractivity contribution in [3.63, 3.8) is 0 Å². The Morgan fingerprint density at radius 1 is 0.906 bits per heavy atom. The summed E-state index contributed by atoms with van der Waals surface area (Å²) in [6.45, 7) is 4.61. The van der Waals surface area contributed by atoms with Crippen molar-refractivity contribution in [2.45, 2.75) is 33.1 Å². The predicted molar refractivity (Wildman–Crippen MR) is 124 cm³/mol. The number of azo groups is 1. The molecule has 166 valence electrons. The molecular weight excluding hydrogens is 406 g/mol. The summed E-state index contributed by atoms with van der Waals surface area (Å²) < 4.78 is 5.09. The number of nitrogens with one attached hydrogen (secondary N) is 1. The average Bonchev–Trinajstić information content (AvgIpc) is 2.82. The molecule has 0 aliphatic heterocycles. The number of unbranched alkanes of at least 4 members (excludes halogenated alkanes) is 2. The predicted octanol–water partition coefficient (Wildman–Crippen LogP) is 6.06. The molecule has 2 N–H and O–H groups in total. The van der Waals surface area contributed by atoms with Crippen LogP contribution in [0.25, 0.3) is 10.8 Å². The molecule has 0 heterocycles. The largest absolute Gasteiger partial charge is 0.506 e. The topological polar surface area (TPSA) is 100 Å². The normalized spacial score (nSPS) is 11.1. The van der Waals surface area contributed by atoms with E-state index in [1.807, 2.05) is 6.07 Å². The Bertz CT molecular complexity index is 1140. The summed E-state index contributed by atoms with van der Waals surface area (Å²) in [5.41, 5.74) is 1.20. The van der Waals surface area contributed by atoms with Crippen LogP contribution < -0.4 is 5.32 Å². The Morgan fingerprint density at radius 2 is 1.59 bits per heavy atom. The minimum absolute atomic E-state index is 0.0977. The zero-order valence-corrected chi connectivity index (χ0v) is 18.3. The molecule has 0 aliphatic carbocycles. The SMILES string of the molecule is CCCCCNC(=O)c1cc(N=Nc2ccccc2C(=O)OCC)c2ccccc2c1O. The number of carbonyl (C=O) groups is 2. The number of aromatic hydroxyl groups is 1. The molecule has 0 radical (unpaired) electrons. The number of phenolic OH excluding ortho intramolecular Hbond substituents is 1. The third kappa shape index (κ3) is 5.29. The Balaban J connectivity index is 1.99. The molecule has 0 saturated carbocycles. The summed E-state index contributed by atoms with van der Waals surface area (Å²) in [7, 11) is 0. The number of hydrogen-bond acceptors (Lipinski definition) is 6. The second kappa shape index (κ2) is 11.0. The maximum atomic E-state index is 12.7. The van der Waals surface area contributed by atoms with Gasteiger partial charge in [0.1, 0.15) is 11.4 Å². The van der Waals surface area contributed by atoms with E-state index in [1.165, 1.54) is 6.07 Å². The summed E-state index contributed by atoms with van der Waals surface area (Å²) in [5.74, 6) is -0.947. The number of hydrogen-bond donors (Lipinski definition) is 2. The van der Waals surface area contributed by atoms with E-state index in [1.54, 1.807) is 49.4 Å². The highest BCUT2D eigenvalue weighted by Gasteiger charge is 2.17. The van der Waals surface area contributed by atoms with Gasteiger partial charge in [0.15, 0.2) is 0 Å². The van der Waals surface area contributed by atoms with Gasteiger partial charge in [-0.3, -0.25) is 4.79 Å². The van der Waals surface area contributed by atoms with Crippen molar-refractivity contribution < 1.29 is 19.4 Å². The molecule has 0 saturated heterocycles. The van der Waals surface area contributed by atoms with Gasteiger partial charge in [0.25, 0.3) is 5.91 Å². The van der Waals surface area contributed by atoms with E-state index in [0.29, 0.717) is 34.3 Å². The molecule has 1 amide bonds. The second-order valence-electron chi connectivity index (χ2n) is 7.24. The lowest BCUT2D eigenvalue weighted by molar-refractivity contribution is 0.0527. The summed E-state index contributed by atoms with van der Waals surface area (Å²) in [6.07, 6.45) is 2.94. The van der Waals surface area contributed by atoms with Crippen molar-refractivity contribution in [1.82, 2.24) is 5.32 Å². The third-order valence-electron chi connectivity index (χ3n) is 4.97. The van der Waals surface area contributed by atoms with Gasteiger partial charge >= 0.3 is 5.97 Å². The highest BCUT2D eigenvalue weighted by molar-refractivity contribution is 6.07. The molecule has 3 aromatic carbocycles. The molecule has 0 bridgehead atoms. The lowest BCUT2D eigenvalue weighted by atomic mass is 10.0. The van der Waals surface area contributed by atoms with Gasteiger partial charge in [-0.2, -0.15) is 0 Å². The Kier molecular flexibility index (Phi) is 7.91. The van der Waals surface area contributed by atoms with Gasteiger partial charge in [-0.15, -0.1) is 10.2 Å². The summed E-state index contributed by atoms with van der Waals surface area (Å²) in [5, 5.41) is 23.3. The molecule has 3 aromatic rings. The fraction of sp³-hybridized carbons (Fsp3) is 0.280. The van der Waals surface area contributed by atoms with Crippen molar-refractivity contribution in [3.05, 3.63) is 65.7 Å². The molecular formula is C25H27N3O4. The molecule has 0 unspecified atom stereocenters. The molecule has 0 aromatic heterocycles. The fourth-order valence-electron chi connectivity index (χ4n) is 3.32. The summed E-state index contributed by atoms with van der Waals surface area (Å²) in [4.78, 5) is 24.9. The van der Waals surface area contributed by atoms with Gasteiger partial charge in [0, 0.05) is 17.3 Å². The van der Waals surface area contributed by atoms with Gasteiger partial charge in [-0.25, -0.2) is 4.79 Å². The monoisotopic (exact) mass is 433 g/mol. The van der Waals surface area contributed by atoms with E-state index in [2.05, 4.69) is 22.5 Å². The minimum atomic E-state index is -0.482. The number of ether oxygens (including phenoxy) is 1. The van der Waals surface area contributed by atoms with Crippen LogP contribution in [0.2, 0.25) is 0 Å². The summed E-state index contributed by atoms with van der Waals surface area (Å²) >= 11 is 0. The number of fused-ring (bicyclic) bond motifs is 1. The van der Waals surface area contributed by atoms with Crippen molar-refractivity contribution in [2.75, 3.05) is 13.2 Å². The van der Waals surface area contributed by atoms with Crippen LogP contribution in [0.4, 0.5) is 11.4 Å². The maximum Gasteiger partial charge on any atom is 0.340 e. The van der Waals surface area contributed by atoms with Crippen LogP contribution in [-0.4, -0.2) is 30.1 Å². The highest BCUT2D eigenvalue weighted by atomic mass is 16.5. The number of benzene rings is 3. The van der Waals surface area contributed by atoms with Gasteiger partial charge in [-0.05, 0) is 31.5 Å². The standard InChI is InChI=1S/C25H27N3O4/c1-3-5-10-15-26-24(30)20-16-22(17-11-6-7-12-18(17)23(20)29)28-27-21-14-9-8-13-19(21)25(31)32-4-2/h6-9,11-14,16,29H,3-5,10,15H2,1-2H3,(H,26,30). The van der Waals surface area contributed by atoms with Crippen molar-refractivity contribution >= 4 is 34.0 Å². The zero-order valence-electron chi connectivity index (χ0n) is 18.3. The Hall–Kier alpha value is -3.74. The van der Waals surface area contributed by atoms with Crippen molar-refractivity contribution in [3.8, 4) is 5.75 Å². The molecule has 0 fully saturated rings. The molecule has 0 aliphatic rings. The molecule has 7 nitrogen and oxygen atoms in total. The number of amides is 1. The van der Waals surface area contributed by atoms with Crippen LogP contribution >= 0.6 is 0 Å². The minimum Gasteiger partial charge on any atom is -0.506 e. The van der Waals surface area contributed by atoms with Crippen LogP contribution in [0.5, 0.6) is 5.75 Å². The lowest BCUT2D eigenvalue weighted by Crippen LogP contribution is -2.24. The molecule has 7 heteroatoms. The Labute approximate surface area is 187 Å². The Morgan fingerprint density at radius 3 is 2.34 bits per heavy atom. The van der Waals surface area contributed by atoms with Crippen LogP contribution in [0.1, 0.15) is 53.8 Å². The van der Waals surface area contributed by atoms with Gasteiger partial charge in [-0.1, -0.05) is 56.2 Å². The average molecular weight is 434 g/mol. The van der Waals surface area contributed by atoms with E-state index in [9.17, 15) is 14.7 Å². The first-order valence-corrected chi connectivity index (χ1v) is 10.8. The number of phenols is 1. The van der Waals surface area contributed by atoms with Crippen LogP contribution in [0.3, 0.4) is 0 Å². The van der Waals surface area contributed by atoms with Gasteiger partial charge < -0.3 is 15.2 Å². The third-order valence-corrected chi connectivity index (χ3v) is 4.97. The number of esters is 1. The molecule has 0 spiro atoms. The van der Waals surface area contributed by atoms with Crippen molar-refractivity contribution in [1.29, 1.82) is 0 Å². The number of rotatable bonds is 9. The maximum absolute atomic E-state index is 12.7. The lowest BCUT2D eigenvalue weighted by Gasteiger charge is -2.11. The van der Waals surface area contributed by atoms with E-state index in [-0.39, 0.29) is 23.8 Å². The van der Waals surface area contributed by atoms with E-state index < -0.39 is 5.97 Å². The van der Waals surface area contributed by atoms with Crippen molar-refractivity contribution in [2.24, 2.45) is 10.2 Å². The van der Waals surface area contributed by atoms with E-state index in [4.69, 9.17) is 4.74 Å². The van der Waals surface area contributed by atoms with E-state index >= 15 is 0 Å². The van der Waals surface area contributed by atoms with E-state index in [0.717, 1.165) is 19.3 Å². The molecule has 3 rings (SSSR count). The van der Waals surface area contributed by atoms with Gasteiger partial charge in [0.2, 0.25) is 0 Å². The summed E-state index contributed by atoms with van der Waals surface area (Å²) in [6, 6.07) is 15.4. The number of carbonyl (C=O) groups excluding carboxylic acids is 2. The quantitative estimate of drug-likeness (QED) is 0.243. The number of nitrogens with zero attached hydrogens (tertiary/aromatic N) is 2. The molecule has 32 heavy (non-hydrogen) atoms. The highest BCUT2D eigenvalue weighted by Crippen LogP contribution is 2.37. The smallest absolute Gasteiger partial charge is 0.340 e. The first-order valence-electron chi connectivity index (χ1n) is 10.8. The zero-order chi connectivity index (χ0) is 22.9. The first-order chi connectivity index (χ1) is 15.6. The first kappa shape index (κ1) is 22.9. The second-order valence-corrected chi connectivity index (χ2v) is 7.24. The fourth-order valence-corrected chi connectivity index (χ4v) is 3.32. The van der Waals surface area contributed by atoms with Crippen LogP contribution in [0.15, 0.2) is 64.8 Å². The van der Waals surface area contributed by atoms with Crippen LogP contribution in [-0.2, 0) is 4.74 Å².